The second-order valence-electron chi connectivity index (χ2n) is 10.2. The van der Waals surface area contributed by atoms with Gasteiger partial charge in [0.25, 0.3) is 5.91 Å². The molecule has 2 aromatic carbocycles. The minimum absolute atomic E-state index is 0.0533. The first-order chi connectivity index (χ1) is 16.1. The lowest BCUT2D eigenvalue weighted by Crippen LogP contribution is -2.54. The number of amides is 3. The highest BCUT2D eigenvalue weighted by Gasteiger charge is 2.39. The molecule has 1 atom stereocenters. The Balaban J connectivity index is 2.46. The number of para-hydroxylation sites is 1. The van der Waals surface area contributed by atoms with Gasteiger partial charge in [0.05, 0.1) is 10.7 Å². The van der Waals surface area contributed by atoms with Crippen molar-refractivity contribution in [2.45, 2.75) is 65.6 Å². The van der Waals surface area contributed by atoms with Crippen molar-refractivity contribution >= 4 is 35.2 Å². The molecule has 0 saturated carbocycles. The van der Waals surface area contributed by atoms with E-state index in [-0.39, 0.29) is 12.3 Å². The number of anilines is 1. The average Bonchev–Trinajstić information content (AvgIpc) is 2.70. The third-order valence-corrected chi connectivity index (χ3v) is 5.25. The summed E-state index contributed by atoms with van der Waals surface area (Å²) in [7, 11) is 0. The summed E-state index contributed by atoms with van der Waals surface area (Å²) in [5.41, 5.74) is 0.00886. The van der Waals surface area contributed by atoms with E-state index < -0.39 is 35.1 Å². The number of hydrogen-bond donors (Lipinski definition) is 3. The summed E-state index contributed by atoms with van der Waals surface area (Å²) in [5, 5.41) is 15.8. The maximum atomic E-state index is 13.7. The van der Waals surface area contributed by atoms with Gasteiger partial charge in [-0.1, -0.05) is 35.9 Å². The highest BCUT2D eigenvalue weighted by atomic mass is 35.5. The number of aromatic hydroxyl groups is 1. The molecule has 0 spiro atoms. The molecule has 3 N–H and O–H groups in total. The number of hydrogen-bond acceptors (Lipinski definition) is 5. The van der Waals surface area contributed by atoms with Gasteiger partial charge in [-0.05, 0) is 77.8 Å². The van der Waals surface area contributed by atoms with Crippen molar-refractivity contribution < 1.29 is 24.2 Å². The number of aryl methyl sites for hydroxylation is 1. The van der Waals surface area contributed by atoms with E-state index in [2.05, 4.69) is 10.6 Å². The summed E-state index contributed by atoms with van der Waals surface area (Å²) in [5.74, 6) is -1.09. The van der Waals surface area contributed by atoms with Crippen LogP contribution in [0.5, 0.6) is 5.75 Å². The van der Waals surface area contributed by atoms with E-state index in [0.29, 0.717) is 16.3 Å². The molecule has 1 unspecified atom stereocenters. The van der Waals surface area contributed by atoms with E-state index in [1.165, 1.54) is 17.0 Å². The zero-order chi connectivity index (χ0) is 26.6. The summed E-state index contributed by atoms with van der Waals surface area (Å²) in [6.07, 6.45) is -0.746. The molecule has 2 aromatic rings. The van der Waals surface area contributed by atoms with Crippen LogP contribution >= 0.6 is 11.6 Å². The Hall–Kier alpha value is -3.26. The van der Waals surface area contributed by atoms with Crippen molar-refractivity contribution in [1.82, 2.24) is 10.2 Å². The van der Waals surface area contributed by atoms with Crippen LogP contribution in [0.2, 0.25) is 5.02 Å². The Labute approximate surface area is 211 Å². The molecule has 2 rings (SSSR count). The van der Waals surface area contributed by atoms with Gasteiger partial charge < -0.3 is 25.4 Å². The number of halogens is 1. The van der Waals surface area contributed by atoms with Gasteiger partial charge in [-0.15, -0.1) is 0 Å². The lowest BCUT2D eigenvalue weighted by Gasteiger charge is -2.41. The highest BCUT2D eigenvalue weighted by molar-refractivity contribution is 6.34. The van der Waals surface area contributed by atoms with E-state index in [1.807, 2.05) is 13.0 Å². The summed E-state index contributed by atoms with van der Waals surface area (Å²) >= 11 is 6.32. The first-order valence-electron chi connectivity index (χ1n) is 11.2. The van der Waals surface area contributed by atoms with Crippen molar-refractivity contribution in [3.8, 4) is 5.75 Å². The molecule has 0 fully saturated rings. The lowest BCUT2D eigenvalue weighted by atomic mass is 9.96. The molecule has 0 radical (unpaired) electrons. The van der Waals surface area contributed by atoms with Crippen LogP contribution in [0.25, 0.3) is 0 Å². The number of nitrogens with zero attached hydrogens (tertiary/aromatic N) is 1. The number of phenolic OH excluding ortho intramolecular Hbond substituents is 1. The zero-order valence-corrected chi connectivity index (χ0v) is 22.0. The molecule has 8 nitrogen and oxygen atoms in total. The van der Waals surface area contributed by atoms with Crippen LogP contribution in [0.4, 0.5) is 10.5 Å². The quantitative estimate of drug-likeness (QED) is 0.503. The standard InChI is InChI=1S/C26H34ClN3O5/c1-16-10-8-13-19(27)21(16)29-23(33)22(17-11-9-12-18(31)14-17)30(25(2,3)4)20(32)15-28-24(34)35-26(5,6)7/h8-14,22,31H,15H2,1-7H3,(H,28,34)(H,29,33). The molecule has 0 aliphatic rings. The maximum Gasteiger partial charge on any atom is 0.408 e. The molecule has 190 valence electrons. The SMILES string of the molecule is Cc1cccc(Cl)c1NC(=O)C(c1cccc(O)c1)N(C(=O)CNC(=O)OC(C)(C)C)C(C)(C)C. The minimum Gasteiger partial charge on any atom is -0.508 e. The van der Waals surface area contributed by atoms with Crippen molar-refractivity contribution in [3.05, 3.63) is 58.6 Å². The third kappa shape index (κ3) is 7.89. The number of rotatable bonds is 6. The third-order valence-electron chi connectivity index (χ3n) is 4.94. The van der Waals surface area contributed by atoms with Crippen molar-refractivity contribution in [2.75, 3.05) is 11.9 Å². The second-order valence-corrected chi connectivity index (χ2v) is 10.6. The van der Waals surface area contributed by atoms with Gasteiger partial charge >= 0.3 is 6.09 Å². The molecule has 0 heterocycles. The molecule has 0 aromatic heterocycles. The fourth-order valence-electron chi connectivity index (χ4n) is 3.55. The van der Waals surface area contributed by atoms with Gasteiger partial charge in [-0.2, -0.15) is 0 Å². The number of carbonyl (C=O) groups excluding carboxylic acids is 3. The van der Waals surface area contributed by atoms with Crippen LogP contribution < -0.4 is 10.6 Å². The Morgan fingerprint density at radius 3 is 2.23 bits per heavy atom. The number of phenols is 1. The van der Waals surface area contributed by atoms with E-state index in [0.717, 1.165) is 5.56 Å². The van der Waals surface area contributed by atoms with E-state index in [1.54, 1.807) is 65.8 Å². The van der Waals surface area contributed by atoms with Gasteiger partial charge in [-0.25, -0.2) is 4.79 Å². The molecule has 9 heteroatoms. The minimum atomic E-state index is -1.13. The average molecular weight is 504 g/mol. The Morgan fingerprint density at radius 2 is 1.69 bits per heavy atom. The van der Waals surface area contributed by atoms with Crippen LogP contribution in [0.1, 0.15) is 58.7 Å². The molecule has 0 aliphatic carbocycles. The van der Waals surface area contributed by atoms with Crippen molar-refractivity contribution in [1.29, 1.82) is 0 Å². The summed E-state index contributed by atoms with van der Waals surface area (Å²) in [6, 6.07) is 10.2. The Morgan fingerprint density at radius 1 is 1.06 bits per heavy atom. The first-order valence-corrected chi connectivity index (χ1v) is 11.6. The van der Waals surface area contributed by atoms with Crippen LogP contribution in [0, 0.1) is 6.92 Å². The monoisotopic (exact) mass is 503 g/mol. The van der Waals surface area contributed by atoms with Gasteiger partial charge in [0.2, 0.25) is 5.91 Å². The smallest absolute Gasteiger partial charge is 0.408 e. The van der Waals surface area contributed by atoms with E-state index >= 15 is 0 Å². The number of benzene rings is 2. The van der Waals surface area contributed by atoms with E-state index in [4.69, 9.17) is 16.3 Å². The van der Waals surface area contributed by atoms with E-state index in [9.17, 15) is 19.5 Å². The zero-order valence-electron chi connectivity index (χ0n) is 21.2. The van der Waals surface area contributed by atoms with Crippen LogP contribution in [0.3, 0.4) is 0 Å². The van der Waals surface area contributed by atoms with Crippen molar-refractivity contribution in [2.24, 2.45) is 0 Å². The van der Waals surface area contributed by atoms with Gasteiger partial charge in [0.15, 0.2) is 0 Å². The maximum absolute atomic E-state index is 13.7. The normalized spacial score (nSPS) is 12.5. The second kappa shape index (κ2) is 11.0. The van der Waals surface area contributed by atoms with Gasteiger partial charge in [0, 0.05) is 5.54 Å². The molecule has 0 saturated heterocycles. The van der Waals surface area contributed by atoms with Crippen LogP contribution in [-0.2, 0) is 14.3 Å². The Bertz CT molecular complexity index is 1070. The summed E-state index contributed by atoms with van der Waals surface area (Å²) in [4.78, 5) is 40.6. The molecule has 3 amide bonds. The van der Waals surface area contributed by atoms with Gasteiger partial charge in [0.1, 0.15) is 23.9 Å². The largest absolute Gasteiger partial charge is 0.508 e. The molecule has 35 heavy (non-hydrogen) atoms. The first kappa shape index (κ1) is 28.0. The fourth-order valence-corrected chi connectivity index (χ4v) is 3.82. The fraction of sp³-hybridized carbons (Fsp3) is 0.423. The summed E-state index contributed by atoms with van der Waals surface area (Å²) in [6.45, 7) is 11.9. The lowest BCUT2D eigenvalue weighted by molar-refractivity contribution is -0.144. The highest BCUT2D eigenvalue weighted by Crippen LogP contribution is 2.33. The molecular formula is C26H34ClN3O5. The summed E-state index contributed by atoms with van der Waals surface area (Å²) < 4.78 is 5.22. The number of carbonyl (C=O) groups is 3. The topological polar surface area (TPSA) is 108 Å². The number of nitrogens with one attached hydrogen (secondary N) is 2. The predicted molar refractivity (Wildman–Crippen MR) is 137 cm³/mol. The van der Waals surface area contributed by atoms with Crippen LogP contribution in [-0.4, -0.2) is 45.6 Å². The van der Waals surface area contributed by atoms with Crippen molar-refractivity contribution in [3.63, 3.8) is 0 Å². The van der Waals surface area contributed by atoms with Gasteiger partial charge in [-0.3, -0.25) is 9.59 Å². The molecule has 0 aliphatic heterocycles. The van der Waals surface area contributed by atoms with Crippen LogP contribution in [0.15, 0.2) is 42.5 Å². The molecular weight excluding hydrogens is 470 g/mol. The number of ether oxygens (including phenoxy) is 1. The Kier molecular flexibility index (Phi) is 8.79. The molecule has 0 bridgehead atoms. The predicted octanol–water partition coefficient (Wildman–Crippen LogP) is 5.19. The number of alkyl carbamates (subject to hydrolysis) is 1.